The average Bonchev–Trinajstić information content (AvgIpc) is 3.22. The van der Waals surface area contributed by atoms with Crippen LogP contribution in [0.1, 0.15) is 46.4 Å². The lowest BCUT2D eigenvalue weighted by atomic mass is 10.2. The van der Waals surface area contributed by atoms with E-state index in [1.54, 1.807) is 4.90 Å². The van der Waals surface area contributed by atoms with E-state index in [1.807, 2.05) is 52.0 Å². The summed E-state index contributed by atoms with van der Waals surface area (Å²) in [7, 11) is 0. The molecular formula is C23H32N6O4. The van der Waals surface area contributed by atoms with Crippen molar-refractivity contribution in [1.29, 1.82) is 0 Å². The maximum atomic E-state index is 12.7. The average molecular weight is 457 g/mol. The number of H-pyrrole nitrogens is 1. The summed E-state index contributed by atoms with van der Waals surface area (Å²) >= 11 is 0. The van der Waals surface area contributed by atoms with E-state index in [0.717, 1.165) is 24.2 Å². The molecule has 0 radical (unpaired) electrons. The van der Waals surface area contributed by atoms with Crippen LogP contribution < -0.4 is 26.6 Å². The van der Waals surface area contributed by atoms with Crippen LogP contribution in [0.5, 0.6) is 5.75 Å². The molecule has 0 amide bonds. The number of hydrogen-bond donors (Lipinski definition) is 2. The molecule has 3 N–H and O–H groups in total. The van der Waals surface area contributed by atoms with Gasteiger partial charge < -0.3 is 19.9 Å². The Morgan fingerprint density at radius 1 is 1.21 bits per heavy atom. The molecule has 10 heteroatoms. The molecule has 10 nitrogen and oxygen atoms in total. The molecule has 0 saturated heterocycles. The second-order valence-corrected chi connectivity index (χ2v) is 8.24. The second-order valence-electron chi connectivity index (χ2n) is 8.24. The maximum Gasteiger partial charge on any atom is 0.330 e. The summed E-state index contributed by atoms with van der Waals surface area (Å²) in [4.78, 5) is 33.7. The highest BCUT2D eigenvalue weighted by Gasteiger charge is 2.22. The minimum Gasteiger partial charge on any atom is -0.494 e. The summed E-state index contributed by atoms with van der Waals surface area (Å²) in [5.41, 5.74) is 6.30. The highest BCUT2D eigenvalue weighted by Crippen LogP contribution is 2.23. The molecule has 0 atom stereocenters. The number of aromatic amines is 1. The Morgan fingerprint density at radius 3 is 2.58 bits per heavy atom. The number of rotatable bonds is 11. The number of ether oxygens (including phenoxy) is 1. The third-order valence-electron chi connectivity index (χ3n) is 5.07. The first-order valence-corrected chi connectivity index (χ1v) is 11.3. The van der Waals surface area contributed by atoms with Crippen LogP contribution >= 0.6 is 0 Å². The zero-order chi connectivity index (χ0) is 24.0. The van der Waals surface area contributed by atoms with E-state index >= 15 is 0 Å². The van der Waals surface area contributed by atoms with Gasteiger partial charge in [-0.3, -0.25) is 14.3 Å². The number of benzene rings is 1. The van der Waals surface area contributed by atoms with E-state index in [0.29, 0.717) is 31.4 Å². The van der Waals surface area contributed by atoms with Crippen molar-refractivity contribution >= 4 is 11.5 Å². The summed E-state index contributed by atoms with van der Waals surface area (Å²) in [6.07, 6.45) is 1.67. The number of nitrogens with zero attached hydrogens (tertiary/aromatic N) is 4. The zero-order valence-electron chi connectivity index (χ0n) is 19.6. The van der Waals surface area contributed by atoms with Gasteiger partial charge in [0, 0.05) is 18.7 Å². The first-order valence-electron chi connectivity index (χ1n) is 11.3. The predicted octanol–water partition coefficient (Wildman–Crippen LogP) is 3.03. The van der Waals surface area contributed by atoms with E-state index in [1.165, 1.54) is 4.57 Å². The van der Waals surface area contributed by atoms with Crippen molar-refractivity contribution in [2.75, 3.05) is 23.8 Å². The van der Waals surface area contributed by atoms with E-state index in [9.17, 15) is 9.59 Å². The molecule has 0 aliphatic carbocycles. The Hall–Kier alpha value is -3.56. The molecule has 2 heterocycles. The van der Waals surface area contributed by atoms with Crippen molar-refractivity contribution in [3.63, 3.8) is 0 Å². The summed E-state index contributed by atoms with van der Waals surface area (Å²) < 4.78 is 12.3. The van der Waals surface area contributed by atoms with E-state index in [4.69, 9.17) is 15.0 Å². The van der Waals surface area contributed by atoms with Gasteiger partial charge >= 0.3 is 5.69 Å². The van der Waals surface area contributed by atoms with E-state index < -0.39 is 11.2 Å². The van der Waals surface area contributed by atoms with Crippen LogP contribution in [-0.2, 0) is 13.1 Å². The fraction of sp³-hybridized carbons (Fsp3) is 0.478. The monoisotopic (exact) mass is 456 g/mol. The van der Waals surface area contributed by atoms with Gasteiger partial charge in [-0.1, -0.05) is 32.3 Å². The van der Waals surface area contributed by atoms with Crippen LogP contribution in [0.2, 0.25) is 0 Å². The predicted molar refractivity (Wildman–Crippen MR) is 127 cm³/mol. The fourth-order valence-corrected chi connectivity index (χ4v) is 3.56. The Morgan fingerprint density at radius 2 is 1.94 bits per heavy atom. The number of nitrogens with two attached hydrogens (primary N) is 1. The van der Waals surface area contributed by atoms with Gasteiger partial charge in [0.05, 0.1) is 13.2 Å². The highest BCUT2D eigenvalue weighted by molar-refractivity contribution is 5.62. The number of aromatic nitrogens is 4. The second kappa shape index (κ2) is 10.8. The van der Waals surface area contributed by atoms with Crippen LogP contribution in [0.3, 0.4) is 0 Å². The van der Waals surface area contributed by atoms with Gasteiger partial charge in [0.2, 0.25) is 11.7 Å². The molecule has 0 aliphatic heterocycles. The highest BCUT2D eigenvalue weighted by atomic mass is 16.5. The molecule has 0 spiro atoms. The third kappa shape index (κ3) is 5.82. The summed E-state index contributed by atoms with van der Waals surface area (Å²) in [6, 6.07) is 7.41. The van der Waals surface area contributed by atoms with Crippen LogP contribution in [-0.4, -0.2) is 32.8 Å². The lowest BCUT2D eigenvalue weighted by Gasteiger charge is -2.26. The molecule has 3 aromatic rings. The SMILES string of the molecule is CCCCn1c(N)c(N(Cc2nc(-c3ccc(OCC)cc3)no2)CC(C)C)c(=O)[nH]c1=O. The lowest BCUT2D eigenvalue weighted by molar-refractivity contribution is 0.340. The third-order valence-corrected chi connectivity index (χ3v) is 5.07. The Balaban J connectivity index is 1.91. The molecule has 0 saturated carbocycles. The van der Waals surface area contributed by atoms with Gasteiger partial charge in [0.15, 0.2) is 0 Å². The minimum atomic E-state index is -0.530. The normalized spacial score (nSPS) is 11.2. The van der Waals surface area contributed by atoms with Gasteiger partial charge in [-0.2, -0.15) is 4.98 Å². The van der Waals surface area contributed by atoms with Crippen LogP contribution in [0.15, 0.2) is 38.4 Å². The van der Waals surface area contributed by atoms with Gasteiger partial charge in [-0.05, 0) is 43.5 Å². The summed E-state index contributed by atoms with van der Waals surface area (Å²) in [5, 5.41) is 4.08. The van der Waals surface area contributed by atoms with Crippen LogP contribution in [0.25, 0.3) is 11.4 Å². The molecule has 3 rings (SSSR count). The Labute approximate surface area is 192 Å². The fourth-order valence-electron chi connectivity index (χ4n) is 3.56. The number of hydrogen-bond acceptors (Lipinski definition) is 8. The van der Waals surface area contributed by atoms with Gasteiger partial charge in [-0.15, -0.1) is 0 Å². The molecule has 0 fully saturated rings. The number of unbranched alkanes of at least 4 members (excludes halogenated alkanes) is 1. The molecule has 0 bridgehead atoms. The number of nitrogen functional groups attached to an aromatic ring is 1. The number of nitrogens with one attached hydrogen (secondary N) is 1. The Bertz CT molecular complexity index is 1160. The van der Waals surface area contributed by atoms with Crippen molar-refractivity contribution in [1.82, 2.24) is 19.7 Å². The molecule has 178 valence electrons. The zero-order valence-corrected chi connectivity index (χ0v) is 19.6. The van der Waals surface area contributed by atoms with E-state index in [2.05, 4.69) is 15.1 Å². The molecule has 0 unspecified atom stereocenters. The summed E-state index contributed by atoms with van der Waals surface area (Å²) in [5.74, 6) is 1.90. The van der Waals surface area contributed by atoms with E-state index in [-0.39, 0.29) is 24.0 Å². The first kappa shape index (κ1) is 24.1. The lowest BCUT2D eigenvalue weighted by Crippen LogP contribution is -2.39. The first-order chi connectivity index (χ1) is 15.8. The molecule has 0 aliphatic rings. The molecule has 33 heavy (non-hydrogen) atoms. The van der Waals surface area contributed by atoms with Crippen molar-refractivity contribution in [3.05, 3.63) is 51.0 Å². The summed E-state index contributed by atoms with van der Waals surface area (Å²) in [6.45, 7) is 9.73. The van der Waals surface area contributed by atoms with Crippen LogP contribution in [0, 0.1) is 5.92 Å². The molecule has 2 aromatic heterocycles. The topological polar surface area (TPSA) is 132 Å². The van der Waals surface area contributed by atoms with Gasteiger partial charge in [-0.25, -0.2) is 4.79 Å². The van der Waals surface area contributed by atoms with Crippen molar-refractivity contribution < 1.29 is 9.26 Å². The number of anilines is 2. The molecular weight excluding hydrogens is 424 g/mol. The van der Waals surface area contributed by atoms with Gasteiger partial charge in [0.25, 0.3) is 5.56 Å². The van der Waals surface area contributed by atoms with Gasteiger partial charge in [0.1, 0.15) is 17.3 Å². The quantitative estimate of drug-likeness (QED) is 0.450. The largest absolute Gasteiger partial charge is 0.494 e. The standard InChI is InChI=1S/C23H32N6O4/c1-5-7-12-29-20(24)19(22(30)26-23(29)31)28(13-15(3)4)14-18-25-21(27-33-18)16-8-10-17(11-9-16)32-6-2/h8-11,15H,5-7,12-14,24H2,1-4H3,(H,26,30,31). The van der Waals surface area contributed by atoms with Crippen molar-refractivity contribution in [2.24, 2.45) is 5.92 Å². The minimum absolute atomic E-state index is 0.143. The molecule has 1 aromatic carbocycles. The van der Waals surface area contributed by atoms with Crippen molar-refractivity contribution in [3.8, 4) is 17.1 Å². The van der Waals surface area contributed by atoms with Crippen molar-refractivity contribution in [2.45, 2.75) is 53.6 Å². The van der Waals surface area contributed by atoms with Crippen LogP contribution in [0.4, 0.5) is 11.5 Å². The maximum absolute atomic E-state index is 12.7. The Kier molecular flexibility index (Phi) is 7.92. The smallest absolute Gasteiger partial charge is 0.330 e.